The van der Waals surface area contributed by atoms with Crippen LogP contribution in [0.5, 0.6) is 0 Å². The molecule has 0 bridgehead atoms. The Morgan fingerprint density at radius 3 is 2.77 bits per heavy atom. The van der Waals surface area contributed by atoms with Gasteiger partial charge >= 0.3 is 0 Å². The number of hydrogen-bond donors (Lipinski definition) is 2. The average Bonchev–Trinajstić information content (AvgIpc) is 2.96. The van der Waals surface area contributed by atoms with Crippen LogP contribution in [0.15, 0.2) is 23.1 Å². The second kappa shape index (κ2) is 7.84. The van der Waals surface area contributed by atoms with Crippen LogP contribution in [0.2, 0.25) is 0 Å². The minimum Gasteiger partial charge on any atom is -0.312 e. The molecule has 1 unspecified atom stereocenters. The molecule has 1 aromatic rings. The Bertz CT molecular complexity index is 780. The highest BCUT2D eigenvalue weighted by atomic mass is 35.5. The number of sulfonamides is 1. The molecule has 1 atom stereocenters. The Hall–Kier alpha value is -1.15. The predicted molar refractivity (Wildman–Crippen MR) is 105 cm³/mol. The van der Waals surface area contributed by atoms with E-state index in [9.17, 15) is 13.2 Å². The summed E-state index contributed by atoms with van der Waals surface area (Å²) in [5.74, 6) is -0.0607. The lowest BCUT2D eigenvalue weighted by molar-refractivity contribution is -0.116. The summed E-state index contributed by atoms with van der Waals surface area (Å²) in [5.41, 5.74) is 1.79. The standard InChI is InChI=1S/C18H27N3O3S.ClH/c1-13(22)21-10-7-14-5-6-15(11-16(14)21)25(23,24)20-12-17-18(2,3)8-4-9-19-17;/h5-6,11,17,19-20H,4,7-10,12H2,1-3H3;1H. The molecule has 2 aliphatic rings. The third kappa shape index (κ3) is 4.22. The Balaban J connectivity index is 0.00000243. The molecule has 3 rings (SSSR count). The lowest BCUT2D eigenvalue weighted by Crippen LogP contribution is -2.52. The van der Waals surface area contributed by atoms with Crippen LogP contribution in [-0.2, 0) is 21.2 Å². The average molecular weight is 402 g/mol. The predicted octanol–water partition coefficient (Wildman–Crippen LogP) is 2.07. The Morgan fingerprint density at radius 2 is 2.12 bits per heavy atom. The second-order valence-electron chi connectivity index (χ2n) is 7.66. The van der Waals surface area contributed by atoms with Crippen molar-refractivity contribution < 1.29 is 13.2 Å². The zero-order valence-electron chi connectivity index (χ0n) is 15.5. The van der Waals surface area contributed by atoms with Gasteiger partial charge in [-0.3, -0.25) is 4.79 Å². The summed E-state index contributed by atoms with van der Waals surface area (Å²) in [5, 5.41) is 3.42. The van der Waals surface area contributed by atoms with Gasteiger partial charge in [0.25, 0.3) is 0 Å². The van der Waals surface area contributed by atoms with Crippen LogP contribution in [0.25, 0.3) is 0 Å². The molecular weight excluding hydrogens is 374 g/mol. The molecule has 2 N–H and O–H groups in total. The van der Waals surface area contributed by atoms with E-state index in [0.29, 0.717) is 18.8 Å². The van der Waals surface area contributed by atoms with Gasteiger partial charge < -0.3 is 10.2 Å². The molecule has 2 heterocycles. The highest BCUT2D eigenvalue weighted by Crippen LogP contribution is 2.32. The number of nitrogens with zero attached hydrogens (tertiary/aromatic N) is 1. The summed E-state index contributed by atoms with van der Waals surface area (Å²) < 4.78 is 28.2. The largest absolute Gasteiger partial charge is 0.312 e. The fraction of sp³-hybridized carbons (Fsp3) is 0.611. The van der Waals surface area contributed by atoms with E-state index in [2.05, 4.69) is 23.9 Å². The van der Waals surface area contributed by atoms with Crippen LogP contribution in [0.1, 0.15) is 39.2 Å². The monoisotopic (exact) mass is 401 g/mol. The van der Waals surface area contributed by atoms with Crippen molar-refractivity contribution in [3.05, 3.63) is 23.8 Å². The minimum atomic E-state index is -3.61. The number of rotatable bonds is 4. The molecule has 0 aliphatic carbocycles. The first-order valence-electron chi connectivity index (χ1n) is 8.85. The summed E-state index contributed by atoms with van der Waals surface area (Å²) >= 11 is 0. The van der Waals surface area contributed by atoms with Crippen LogP contribution in [0.3, 0.4) is 0 Å². The van der Waals surface area contributed by atoms with E-state index in [1.165, 1.54) is 6.92 Å². The Labute approximate surface area is 162 Å². The maximum Gasteiger partial charge on any atom is 0.240 e. The molecule has 8 heteroatoms. The topological polar surface area (TPSA) is 78.5 Å². The molecule has 0 saturated carbocycles. The molecule has 2 aliphatic heterocycles. The quantitative estimate of drug-likeness (QED) is 0.809. The number of nitrogens with one attached hydrogen (secondary N) is 2. The molecule has 6 nitrogen and oxygen atoms in total. The smallest absolute Gasteiger partial charge is 0.240 e. The molecule has 0 spiro atoms. The highest BCUT2D eigenvalue weighted by molar-refractivity contribution is 7.89. The minimum absolute atomic E-state index is 0. The van der Waals surface area contributed by atoms with E-state index < -0.39 is 10.0 Å². The fourth-order valence-corrected chi connectivity index (χ4v) is 4.82. The molecule has 146 valence electrons. The highest BCUT2D eigenvalue weighted by Gasteiger charge is 2.33. The van der Waals surface area contributed by atoms with Crippen molar-refractivity contribution in [2.75, 3.05) is 24.5 Å². The maximum atomic E-state index is 12.7. The first kappa shape index (κ1) is 21.2. The summed E-state index contributed by atoms with van der Waals surface area (Å²) in [6.45, 7) is 7.73. The number of carbonyl (C=O) groups excluding carboxylic acids is 1. The van der Waals surface area contributed by atoms with Crippen molar-refractivity contribution in [1.82, 2.24) is 10.0 Å². The molecule has 1 aromatic carbocycles. The Kier molecular flexibility index (Phi) is 6.38. The number of fused-ring (bicyclic) bond motifs is 1. The number of amides is 1. The van der Waals surface area contributed by atoms with Crippen LogP contribution in [0, 0.1) is 5.41 Å². The lowest BCUT2D eigenvalue weighted by atomic mass is 9.78. The first-order valence-corrected chi connectivity index (χ1v) is 10.3. The number of benzene rings is 1. The zero-order valence-corrected chi connectivity index (χ0v) is 17.2. The van der Waals surface area contributed by atoms with E-state index >= 15 is 0 Å². The van der Waals surface area contributed by atoms with Crippen LogP contribution >= 0.6 is 12.4 Å². The van der Waals surface area contributed by atoms with Crippen molar-refractivity contribution in [2.24, 2.45) is 5.41 Å². The van der Waals surface area contributed by atoms with Crippen molar-refractivity contribution in [1.29, 1.82) is 0 Å². The van der Waals surface area contributed by atoms with E-state index in [1.807, 2.05) is 6.07 Å². The Morgan fingerprint density at radius 1 is 1.38 bits per heavy atom. The summed E-state index contributed by atoms with van der Waals surface area (Å²) in [6, 6.07) is 5.17. The van der Waals surface area contributed by atoms with Crippen molar-refractivity contribution in [3.63, 3.8) is 0 Å². The summed E-state index contributed by atoms with van der Waals surface area (Å²) in [7, 11) is -3.61. The van der Waals surface area contributed by atoms with Gasteiger partial charge in [-0.05, 0) is 48.9 Å². The van der Waals surface area contributed by atoms with Crippen LogP contribution in [0.4, 0.5) is 5.69 Å². The zero-order chi connectivity index (χ0) is 18.2. The number of halogens is 1. The van der Waals surface area contributed by atoms with E-state index in [-0.39, 0.29) is 34.7 Å². The molecule has 1 fully saturated rings. The third-order valence-electron chi connectivity index (χ3n) is 5.45. The first-order chi connectivity index (χ1) is 11.7. The van der Waals surface area contributed by atoms with Gasteiger partial charge in [0.05, 0.1) is 4.90 Å². The van der Waals surface area contributed by atoms with Gasteiger partial charge in [-0.25, -0.2) is 13.1 Å². The number of carbonyl (C=O) groups is 1. The van der Waals surface area contributed by atoms with Crippen LogP contribution < -0.4 is 14.9 Å². The van der Waals surface area contributed by atoms with Gasteiger partial charge in [0.2, 0.25) is 15.9 Å². The van der Waals surface area contributed by atoms with Crippen molar-refractivity contribution in [3.8, 4) is 0 Å². The van der Waals surface area contributed by atoms with Gasteiger partial charge in [-0.2, -0.15) is 0 Å². The van der Waals surface area contributed by atoms with Gasteiger partial charge in [0.1, 0.15) is 0 Å². The lowest BCUT2D eigenvalue weighted by Gasteiger charge is -2.39. The van der Waals surface area contributed by atoms with E-state index in [4.69, 9.17) is 0 Å². The SMILES string of the molecule is CC(=O)N1CCc2ccc(S(=O)(=O)NCC3NCCCC3(C)C)cc21.Cl. The van der Waals surface area contributed by atoms with Gasteiger partial charge in [-0.1, -0.05) is 19.9 Å². The molecule has 0 radical (unpaired) electrons. The third-order valence-corrected chi connectivity index (χ3v) is 6.87. The number of anilines is 1. The van der Waals surface area contributed by atoms with Gasteiger partial charge in [0.15, 0.2) is 0 Å². The molecule has 1 saturated heterocycles. The molecule has 0 aromatic heterocycles. The fourth-order valence-electron chi connectivity index (χ4n) is 3.75. The normalized spacial score (nSPS) is 21.8. The van der Waals surface area contributed by atoms with Crippen molar-refractivity contribution >= 4 is 34.0 Å². The van der Waals surface area contributed by atoms with Crippen LogP contribution in [-0.4, -0.2) is 40.0 Å². The summed E-state index contributed by atoms with van der Waals surface area (Å²) in [6.07, 6.45) is 2.96. The van der Waals surface area contributed by atoms with Gasteiger partial charge in [0, 0.05) is 31.7 Å². The second-order valence-corrected chi connectivity index (χ2v) is 9.43. The van der Waals surface area contributed by atoms with Crippen molar-refractivity contribution in [2.45, 2.75) is 51.0 Å². The summed E-state index contributed by atoms with van der Waals surface area (Å²) in [4.78, 5) is 13.6. The number of piperidine rings is 1. The molecule has 1 amide bonds. The van der Waals surface area contributed by atoms with E-state index in [0.717, 1.165) is 31.4 Å². The molecular formula is C18H28ClN3O3S. The molecule has 26 heavy (non-hydrogen) atoms. The van der Waals surface area contributed by atoms with Gasteiger partial charge in [-0.15, -0.1) is 12.4 Å². The number of hydrogen-bond acceptors (Lipinski definition) is 4. The maximum absolute atomic E-state index is 12.7. The van der Waals surface area contributed by atoms with E-state index in [1.54, 1.807) is 17.0 Å².